The summed E-state index contributed by atoms with van der Waals surface area (Å²) in [4.78, 5) is 3.94. The summed E-state index contributed by atoms with van der Waals surface area (Å²) in [6.45, 7) is 2.10. The first kappa shape index (κ1) is 7.06. The third-order valence-corrected chi connectivity index (χ3v) is 1.47. The number of ether oxygens (including phenoxy) is 1. The zero-order chi connectivity index (χ0) is 7.40. The number of aryl methyl sites for hydroxylation is 1. The molecular weight excluding hydrogens is 126 g/mol. The van der Waals surface area contributed by atoms with Crippen LogP contribution in [0.5, 0.6) is 5.75 Å². The fourth-order valence-electron chi connectivity index (χ4n) is 0.885. The van der Waals surface area contributed by atoms with E-state index in [2.05, 4.69) is 11.9 Å². The van der Waals surface area contributed by atoms with E-state index in [0.717, 1.165) is 12.2 Å². The normalized spacial score (nSPS) is 9.40. The molecule has 0 N–H and O–H groups in total. The topological polar surface area (TPSA) is 22.1 Å². The summed E-state index contributed by atoms with van der Waals surface area (Å²) >= 11 is 0. The Bertz CT molecular complexity index is 187. The van der Waals surface area contributed by atoms with Crippen molar-refractivity contribution in [3.63, 3.8) is 0 Å². The van der Waals surface area contributed by atoms with Crippen molar-refractivity contribution in [3.8, 4) is 5.75 Å². The zero-order valence-corrected chi connectivity index (χ0v) is 6.29. The molecule has 0 aliphatic heterocycles. The van der Waals surface area contributed by atoms with Crippen LogP contribution in [-0.4, -0.2) is 12.1 Å². The van der Waals surface area contributed by atoms with E-state index in [-0.39, 0.29) is 0 Å². The Hall–Kier alpha value is -1.05. The van der Waals surface area contributed by atoms with Gasteiger partial charge in [0.2, 0.25) is 0 Å². The van der Waals surface area contributed by atoms with E-state index in [0.29, 0.717) is 0 Å². The number of nitrogens with zero attached hydrogens (tertiary/aromatic N) is 1. The van der Waals surface area contributed by atoms with E-state index in [1.165, 1.54) is 5.56 Å². The number of hydrogen-bond donors (Lipinski definition) is 0. The molecule has 54 valence electrons. The summed E-state index contributed by atoms with van der Waals surface area (Å²) in [6, 6.07) is 1.97. The highest BCUT2D eigenvalue weighted by Crippen LogP contribution is 2.15. The molecule has 0 fully saturated rings. The summed E-state index contributed by atoms with van der Waals surface area (Å²) in [5.41, 5.74) is 1.21. The van der Waals surface area contributed by atoms with Crippen LogP contribution in [0.2, 0.25) is 0 Å². The van der Waals surface area contributed by atoms with Gasteiger partial charge in [-0.05, 0) is 18.1 Å². The average Bonchev–Trinajstić information content (AvgIpc) is 2.04. The number of rotatable bonds is 2. The first-order chi connectivity index (χ1) is 4.88. The summed E-state index contributed by atoms with van der Waals surface area (Å²) in [5.74, 6) is 0.880. The fraction of sp³-hybridized carbons (Fsp3) is 0.375. The van der Waals surface area contributed by atoms with E-state index >= 15 is 0 Å². The minimum Gasteiger partial charge on any atom is -0.495 e. The Labute approximate surface area is 60.9 Å². The maximum atomic E-state index is 5.07. The fourth-order valence-corrected chi connectivity index (χ4v) is 0.885. The van der Waals surface area contributed by atoms with Gasteiger partial charge in [-0.15, -0.1) is 0 Å². The first-order valence-electron chi connectivity index (χ1n) is 3.35. The predicted octanol–water partition coefficient (Wildman–Crippen LogP) is 1.65. The molecule has 0 radical (unpaired) electrons. The van der Waals surface area contributed by atoms with E-state index in [9.17, 15) is 0 Å². The molecule has 0 saturated carbocycles. The third kappa shape index (κ3) is 1.26. The molecule has 0 atom stereocenters. The summed E-state index contributed by atoms with van der Waals surface area (Å²) < 4.78 is 5.07. The third-order valence-electron chi connectivity index (χ3n) is 1.47. The molecule has 0 saturated heterocycles. The standard InChI is InChI=1S/C8H11NO/c1-3-7-4-5-9-6-8(7)10-2/h4-6H,3H2,1-2H3. The SMILES string of the molecule is CCc1ccncc1OC. The molecule has 1 aromatic heterocycles. The van der Waals surface area contributed by atoms with Crippen LogP contribution in [0.25, 0.3) is 0 Å². The highest BCUT2D eigenvalue weighted by molar-refractivity contribution is 5.29. The van der Waals surface area contributed by atoms with Gasteiger partial charge in [0, 0.05) is 6.20 Å². The van der Waals surface area contributed by atoms with Crippen molar-refractivity contribution in [1.29, 1.82) is 0 Å². The lowest BCUT2D eigenvalue weighted by atomic mass is 10.2. The summed E-state index contributed by atoms with van der Waals surface area (Å²) in [5, 5.41) is 0. The van der Waals surface area contributed by atoms with Gasteiger partial charge in [0.1, 0.15) is 5.75 Å². The molecule has 2 heteroatoms. The van der Waals surface area contributed by atoms with Gasteiger partial charge >= 0.3 is 0 Å². The lowest BCUT2D eigenvalue weighted by molar-refractivity contribution is 0.408. The van der Waals surface area contributed by atoms with E-state index in [1.54, 1.807) is 19.5 Å². The van der Waals surface area contributed by atoms with Crippen molar-refractivity contribution in [2.24, 2.45) is 0 Å². The molecular formula is C8H11NO. The van der Waals surface area contributed by atoms with Gasteiger partial charge in [-0.2, -0.15) is 0 Å². The van der Waals surface area contributed by atoms with Crippen LogP contribution in [-0.2, 0) is 6.42 Å². The number of pyridine rings is 1. The maximum absolute atomic E-state index is 5.07. The molecule has 0 bridgehead atoms. The number of hydrogen-bond acceptors (Lipinski definition) is 2. The predicted molar refractivity (Wildman–Crippen MR) is 40.2 cm³/mol. The van der Waals surface area contributed by atoms with Gasteiger partial charge in [-0.3, -0.25) is 4.98 Å². The Balaban J connectivity index is 2.96. The minimum atomic E-state index is 0.880. The van der Waals surface area contributed by atoms with Crippen LogP contribution < -0.4 is 4.74 Å². The highest BCUT2D eigenvalue weighted by atomic mass is 16.5. The van der Waals surface area contributed by atoms with Gasteiger partial charge in [-0.1, -0.05) is 6.92 Å². The van der Waals surface area contributed by atoms with E-state index in [4.69, 9.17) is 4.74 Å². The smallest absolute Gasteiger partial charge is 0.140 e. The van der Waals surface area contributed by atoms with Crippen molar-refractivity contribution < 1.29 is 4.74 Å². The van der Waals surface area contributed by atoms with Crippen molar-refractivity contribution in [3.05, 3.63) is 24.0 Å². The Morgan fingerprint density at radius 3 is 2.90 bits per heavy atom. The molecule has 1 rings (SSSR count). The second kappa shape index (κ2) is 3.20. The molecule has 0 unspecified atom stereocenters. The molecule has 1 heterocycles. The van der Waals surface area contributed by atoms with Crippen molar-refractivity contribution in [1.82, 2.24) is 4.98 Å². The highest BCUT2D eigenvalue weighted by Gasteiger charge is 1.96. The maximum Gasteiger partial charge on any atom is 0.140 e. The Kier molecular flexibility index (Phi) is 2.26. The average molecular weight is 137 g/mol. The van der Waals surface area contributed by atoms with Crippen LogP contribution in [0.3, 0.4) is 0 Å². The summed E-state index contributed by atoms with van der Waals surface area (Å²) in [7, 11) is 1.66. The van der Waals surface area contributed by atoms with E-state index in [1.807, 2.05) is 6.07 Å². The quantitative estimate of drug-likeness (QED) is 0.618. The van der Waals surface area contributed by atoms with E-state index < -0.39 is 0 Å². The van der Waals surface area contributed by atoms with Crippen LogP contribution in [0.1, 0.15) is 12.5 Å². The van der Waals surface area contributed by atoms with Crippen LogP contribution >= 0.6 is 0 Å². The number of aromatic nitrogens is 1. The van der Waals surface area contributed by atoms with Crippen LogP contribution in [0.4, 0.5) is 0 Å². The van der Waals surface area contributed by atoms with Gasteiger partial charge in [0.25, 0.3) is 0 Å². The molecule has 2 nitrogen and oxygen atoms in total. The van der Waals surface area contributed by atoms with Crippen LogP contribution in [0, 0.1) is 0 Å². The molecule has 0 spiro atoms. The minimum absolute atomic E-state index is 0.880. The first-order valence-corrected chi connectivity index (χ1v) is 3.35. The zero-order valence-electron chi connectivity index (χ0n) is 6.29. The van der Waals surface area contributed by atoms with Crippen molar-refractivity contribution in [2.75, 3.05) is 7.11 Å². The second-order valence-corrected chi connectivity index (χ2v) is 2.04. The largest absolute Gasteiger partial charge is 0.495 e. The van der Waals surface area contributed by atoms with Gasteiger partial charge in [0.05, 0.1) is 13.3 Å². The molecule has 10 heavy (non-hydrogen) atoms. The monoisotopic (exact) mass is 137 g/mol. The summed E-state index contributed by atoms with van der Waals surface area (Å²) in [6.07, 6.45) is 4.51. The molecule has 0 aromatic carbocycles. The lowest BCUT2D eigenvalue weighted by Crippen LogP contribution is -1.90. The second-order valence-electron chi connectivity index (χ2n) is 2.04. The lowest BCUT2D eigenvalue weighted by Gasteiger charge is -2.03. The molecule has 0 aliphatic carbocycles. The van der Waals surface area contributed by atoms with Gasteiger partial charge in [-0.25, -0.2) is 0 Å². The number of methoxy groups -OCH3 is 1. The Morgan fingerprint density at radius 1 is 1.60 bits per heavy atom. The Morgan fingerprint density at radius 2 is 2.40 bits per heavy atom. The van der Waals surface area contributed by atoms with Crippen molar-refractivity contribution >= 4 is 0 Å². The van der Waals surface area contributed by atoms with Gasteiger partial charge in [0.15, 0.2) is 0 Å². The molecule has 0 amide bonds. The van der Waals surface area contributed by atoms with Gasteiger partial charge < -0.3 is 4.74 Å². The van der Waals surface area contributed by atoms with Crippen LogP contribution in [0.15, 0.2) is 18.5 Å². The molecule has 0 aliphatic rings. The molecule has 1 aromatic rings. The van der Waals surface area contributed by atoms with Crippen molar-refractivity contribution in [2.45, 2.75) is 13.3 Å².